The molecule has 0 saturated carbocycles. The highest BCUT2D eigenvalue weighted by atomic mass is 16.5. The molecule has 0 unspecified atom stereocenters. The Morgan fingerprint density at radius 1 is 1.64 bits per heavy atom. The largest absolute Gasteiger partial charge is 0.465 e. The third-order valence-corrected chi connectivity index (χ3v) is 1.74. The molecule has 0 spiro atoms. The van der Waals surface area contributed by atoms with Crippen LogP contribution in [0.1, 0.15) is 26.7 Å². The summed E-state index contributed by atoms with van der Waals surface area (Å²) < 4.78 is 4.74. The first-order valence-corrected chi connectivity index (χ1v) is 4.17. The van der Waals surface area contributed by atoms with Crippen LogP contribution >= 0.6 is 0 Å². The van der Waals surface area contributed by atoms with Gasteiger partial charge < -0.3 is 9.63 Å². The Bertz CT molecular complexity index is 302. The number of nitrogens with zero attached hydrogens (tertiary/aromatic N) is 3. The van der Waals surface area contributed by atoms with Crippen LogP contribution in [-0.2, 0) is 6.54 Å². The number of carboxylic acid groups (broad SMARTS) is 1. The van der Waals surface area contributed by atoms with Gasteiger partial charge in [-0.1, -0.05) is 5.16 Å². The predicted molar refractivity (Wildman–Crippen MR) is 47.6 cm³/mol. The molecule has 0 aliphatic carbocycles. The van der Waals surface area contributed by atoms with Crippen molar-refractivity contribution in [2.45, 2.75) is 32.9 Å². The normalized spacial score (nSPS) is 11.4. The highest BCUT2D eigenvalue weighted by Crippen LogP contribution is 2.16. The summed E-state index contributed by atoms with van der Waals surface area (Å²) in [5, 5.41) is 12.4. The maximum absolute atomic E-state index is 10.9. The van der Waals surface area contributed by atoms with E-state index in [9.17, 15) is 4.79 Å². The summed E-state index contributed by atoms with van der Waals surface area (Å²) in [5.74, 6) is 0.294. The highest BCUT2D eigenvalue weighted by molar-refractivity contribution is 5.65. The van der Waals surface area contributed by atoms with Gasteiger partial charge in [-0.15, -0.1) is 0 Å². The maximum atomic E-state index is 10.9. The van der Waals surface area contributed by atoms with Gasteiger partial charge in [0.1, 0.15) is 6.54 Å². The Morgan fingerprint density at radius 3 is 2.64 bits per heavy atom. The Kier molecular flexibility index (Phi) is 2.73. The van der Waals surface area contributed by atoms with E-state index < -0.39 is 11.6 Å². The van der Waals surface area contributed by atoms with Crippen LogP contribution in [0.3, 0.4) is 0 Å². The fourth-order valence-corrected chi connectivity index (χ4v) is 0.993. The van der Waals surface area contributed by atoms with Crippen LogP contribution in [0.15, 0.2) is 10.9 Å². The van der Waals surface area contributed by atoms with Crippen LogP contribution in [0.2, 0.25) is 0 Å². The lowest BCUT2D eigenvalue weighted by atomic mass is 10.1. The van der Waals surface area contributed by atoms with E-state index in [1.807, 2.05) is 0 Å². The minimum absolute atomic E-state index is 0.110. The number of carbonyl (C=O) groups is 1. The fourth-order valence-electron chi connectivity index (χ4n) is 0.993. The van der Waals surface area contributed by atoms with Gasteiger partial charge in [0.15, 0.2) is 6.33 Å². The van der Waals surface area contributed by atoms with Crippen molar-refractivity contribution in [3.8, 4) is 0 Å². The lowest BCUT2D eigenvalue weighted by molar-refractivity contribution is 0.0877. The van der Waals surface area contributed by atoms with Crippen molar-refractivity contribution in [2.75, 3.05) is 0 Å². The Balaban J connectivity index is 2.76. The quantitative estimate of drug-likeness (QED) is 0.777. The van der Waals surface area contributed by atoms with E-state index in [0.717, 1.165) is 0 Å². The standard InChI is InChI=1S/C8H13N3O3/c1-8(2,3)11(7(12)13)4-6-9-5-10-14-6/h5H,4H2,1-3H3,(H,12,13). The van der Waals surface area contributed by atoms with Crippen LogP contribution < -0.4 is 0 Å². The molecular weight excluding hydrogens is 186 g/mol. The van der Waals surface area contributed by atoms with Crippen molar-refractivity contribution in [3.63, 3.8) is 0 Å². The number of hydrogen-bond acceptors (Lipinski definition) is 4. The summed E-state index contributed by atoms with van der Waals surface area (Å²) in [7, 11) is 0. The molecule has 78 valence electrons. The van der Waals surface area contributed by atoms with Crippen molar-refractivity contribution < 1.29 is 14.4 Å². The molecule has 1 heterocycles. The SMILES string of the molecule is CC(C)(C)N(Cc1ncno1)C(=O)O. The first-order chi connectivity index (χ1) is 6.41. The smallest absolute Gasteiger partial charge is 0.408 e. The van der Waals surface area contributed by atoms with Crippen molar-refractivity contribution in [1.29, 1.82) is 0 Å². The van der Waals surface area contributed by atoms with Gasteiger partial charge >= 0.3 is 6.09 Å². The summed E-state index contributed by atoms with van der Waals surface area (Å²) in [6.45, 7) is 5.52. The highest BCUT2D eigenvalue weighted by Gasteiger charge is 2.27. The number of aromatic nitrogens is 2. The zero-order chi connectivity index (χ0) is 10.8. The van der Waals surface area contributed by atoms with Gasteiger partial charge in [0.2, 0.25) is 5.89 Å². The summed E-state index contributed by atoms with van der Waals surface area (Å²) >= 11 is 0. The first-order valence-electron chi connectivity index (χ1n) is 4.17. The van der Waals surface area contributed by atoms with Gasteiger partial charge in [0, 0.05) is 5.54 Å². The van der Waals surface area contributed by atoms with Crippen molar-refractivity contribution >= 4 is 6.09 Å². The molecule has 6 heteroatoms. The molecule has 14 heavy (non-hydrogen) atoms. The number of hydrogen-bond donors (Lipinski definition) is 1. The second kappa shape index (κ2) is 3.65. The maximum Gasteiger partial charge on any atom is 0.408 e. The average Bonchev–Trinajstić information content (AvgIpc) is 2.48. The van der Waals surface area contributed by atoms with E-state index in [2.05, 4.69) is 10.1 Å². The zero-order valence-electron chi connectivity index (χ0n) is 8.39. The van der Waals surface area contributed by atoms with E-state index in [1.165, 1.54) is 11.2 Å². The predicted octanol–water partition coefficient (Wildman–Crippen LogP) is 1.35. The lowest BCUT2D eigenvalue weighted by Crippen LogP contribution is -2.44. The Labute approximate surface area is 81.5 Å². The van der Waals surface area contributed by atoms with Gasteiger partial charge in [0.05, 0.1) is 0 Å². The lowest BCUT2D eigenvalue weighted by Gasteiger charge is -2.31. The number of amides is 1. The molecular formula is C8H13N3O3. The van der Waals surface area contributed by atoms with E-state index >= 15 is 0 Å². The molecule has 0 atom stereocenters. The Hall–Kier alpha value is -1.59. The summed E-state index contributed by atoms with van der Waals surface area (Å²) in [4.78, 5) is 15.9. The summed E-state index contributed by atoms with van der Waals surface area (Å²) in [6, 6.07) is 0. The second-order valence-corrected chi connectivity index (χ2v) is 3.87. The third-order valence-electron chi connectivity index (χ3n) is 1.74. The van der Waals surface area contributed by atoms with Crippen molar-refractivity contribution in [1.82, 2.24) is 15.0 Å². The van der Waals surface area contributed by atoms with Gasteiger partial charge in [-0.25, -0.2) is 4.79 Å². The Morgan fingerprint density at radius 2 is 2.29 bits per heavy atom. The molecule has 0 bridgehead atoms. The number of rotatable bonds is 2. The molecule has 1 aromatic rings. The van der Waals surface area contributed by atoms with E-state index in [1.54, 1.807) is 20.8 Å². The van der Waals surface area contributed by atoms with Crippen LogP contribution in [0, 0.1) is 0 Å². The van der Waals surface area contributed by atoms with Crippen LogP contribution in [0.25, 0.3) is 0 Å². The van der Waals surface area contributed by atoms with Crippen LogP contribution in [0.4, 0.5) is 4.79 Å². The monoisotopic (exact) mass is 199 g/mol. The van der Waals surface area contributed by atoms with Crippen LogP contribution in [-0.4, -0.2) is 31.8 Å². The van der Waals surface area contributed by atoms with Gasteiger partial charge in [-0.3, -0.25) is 4.90 Å². The molecule has 0 radical (unpaired) electrons. The topological polar surface area (TPSA) is 79.5 Å². The van der Waals surface area contributed by atoms with Gasteiger partial charge in [-0.05, 0) is 20.8 Å². The molecule has 0 saturated heterocycles. The average molecular weight is 199 g/mol. The second-order valence-electron chi connectivity index (χ2n) is 3.87. The minimum Gasteiger partial charge on any atom is -0.465 e. The van der Waals surface area contributed by atoms with Gasteiger partial charge in [-0.2, -0.15) is 4.98 Å². The molecule has 0 fully saturated rings. The van der Waals surface area contributed by atoms with E-state index in [0.29, 0.717) is 5.89 Å². The van der Waals surface area contributed by atoms with Crippen molar-refractivity contribution in [2.24, 2.45) is 0 Å². The molecule has 6 nitrogen and oxygen atoms in total. The molecule has 1 rings (SSSR count). The minimum atomic E-state index is -1.00. The van der Waals surface area contributed by atoms with Gasteiger partial charge in [0.25, 0.3) is 0 Å². The molecule has 0 aliphatic heterocycles. The zero-order valence-corrected chi connectivity index (χ0v) is 8.39. The third kappa shape index (κ3) is 2.45. The first kappa shape index (κ1) is 10.5. The fraction of sp³-hybridized carbons (Fsp3) is 0.625. The molecule has 1 aromatic heterocycles. The molecule has 0 aliphatic rings. The van der Waals surface area contributed by atoms with E-state index in [-0.39, 0.29) is 6.54 Å². The van der Waals surface area contributed by atoms with Crippen molar-refractivity contribution in [3.05, 3.63) is 12.2 Å². The summed E-state index contributed by atoms with van der Waals surface area (Å²) in [5.41, 5.74) is -0.486. The molecule has 0 aromatic carbocycles. The van der Waals surface area contributed by atoms with E-state index in [4.69, 9.17) is 9.63 Å². The van der Waals surface area contributed by atoms with Crippen LogP contribution in [0.5, 0.6) is 0 Å². The summed E-state index contributed by atoms with van der Waals surface area (Å²) in [6.07, 6.45) is 0.244. The molecule has 1 N–H and O–H groups in total. The molecule has 1 amide bonds.